The lowest BCUT2D eigenvalue weighted by Crippen LogP contribution is -2.27. The first-order valence-electron chi connectivity index (χ1n) is 7.21. The van der Waals surface area contributed by atoms with Gasteiger partial charge in [0.1, 0.15) is 5.82 Å². The van der Waals surface area contributed by atoms with Gasteiger partial charge in [-0.2, -0.15) is 0 Å². The van der Waals surface area contributed by atoms with Gasteiger partial charge in [-0.05, 0) is 36.3 Å². The van der Waals surface area contributed by atoms with Crippen LogP contribution in [0.15, 0.2) is 18.2 Å². The number of anilines is 1. The maximum Gasteiger partial charge on any atom is 0.146 e. The number of halogens is 1. The second-order valence-corrected chi connectivity index (χ2v) is 6.46. The number of para-hydroxylation sites is 1. The highest BCUT2D eigenvalue weighted by Crippen LogP contribution is 2.35. The van der Waals surface area contributed by atoms with Gasteiger partial charge < -0.3 is 10.6 Å². The Balaban J connectivity index is 2.28. The van der Waals surface area contributed by atoms with Crippen LogP contribution in [-0.2, 0) is 6.42 Å². The molecule has 1 aromatic rings. The van der Waals surface area contributed by atoms with E-state index in [1.54, 1.807) is 12.1 Å². The SMILES string of the molecule is CCC(N)Cc1cccc(F)c1N1CCC(C)(C)C1. The average molecular weight is 264 g/mol. The lowest BCUT2D eigenvalue weighted by atomic mass is 9.93. The number of rotatable bonds is 4. The van der Waals surface area contributed by atoms with E-state index in [9.17, 15) is 4.39 Å². The molecule has 2 rings (SSSR count). The highest BCUT2D eigenvalue weighted by atomic mass is 19.1. The highest BCUT2D eigenvalue weighted by Gasteiger charge is 2.31. The van der Waals surface area contributed by atoms with E-state index in [4.69, 9.17) is 5.73 Å². The Morgan fingerprint density at radius 3 is 2.74 bits per heavy atom. The van der Waals surface area contributed by atoms with Gasteiger partial charge in [0.25, 0.3) is 0 Å². The van der Waals surface area contributed by atoms with Crippen molar-refractivity contribution in [1.82, 2.24) is 0 Å². The minimum atomic E-state index is -0.112. The molecule has 19 heavy (non-hydrogen) atoms. The van der Waals surface area contributed by atoms with Gasteiger partial charge >= 0.3 is 0 Å². The van der Waals surface area contributed by atoms with Crippen molar-refractivity contribution in [2.45, 2.75) is 46.1 Å². The van der Waals surface area contributed by atoms with Gasteiger partial charge in [0.2, 0.25) is 0 Å². The number of nitrogens with two attached hydrogens (primary N) is 1. The third-order valence-corrected chi connectivity index (χ3v) is 4.07. The van der Waals surface area contributed by atoms with Crippen LogP contribution in [0.1, 0.15) is 39.2 Å². The molecule has 0 bridgehead atoms. The monoisotopic (exact) mass is 264 g/mol. The standard InChI is InChI=1S/C16H25FN2/c1-4-13(18)10-12-6-5-7-14(17)15(12)19-9-8-16(2,3)11-19/h5-7,13H,4,8-11,18H2,1-3H3. The van der Waals surface area contributed by atoms with Gasteiger partial charge in [0, 0.05) is 19.1 Å². The topological polar surface area (TPSA) is 29.3 Å². The third-order valence-electron chi connectivity index (χ3n) is 4.07. The second-order valence-electron chi connectivity index (χ2n) is 6.46. The molecule has 0 aromatic heterocycles. The zero-order valence-electron chi connectivity index (χ0n) is 12.2. The van der Waals surface area contributed by atoms with Crippen molar-refractivity contribution in [3.63, 3.8) is 0 Å². The van der Waals surface area contributed by atoms with Gasteiger partial charge in [-0.25, -0.2) is 4.39 Å². The molecule has 0 radical (unpaired) electrons. The molecule has 1 atom stereocenters. The maximum atomic E-state index is 14.2. The summed E-state index contributed by atoms with van der Waals surface area (Å²) in [7, 11) is 0. The van der Waals surface area contributed by atoms with E-state index < -0.39 is 0 Å². The van der Waals surface area contributed by atoms with Crippen molar-refractivity contribution >= 4 is 5.69 Å². The fraction of sp³-hybridized carbons (Fsp3) is 0.625. The van der Waals surface area contributed by atoms with Gasteiger partial charge in [0.05, 0.1) is 5.69 Å². The van der Waals surface area contributed by atoms with E-state index in [1.165, 1.54) is 0 Å². The van der Waals surface area contributed by atoms with Crippen molar-refractivity contribution in [3.05, 3.63) is 29.6 Å². The summed E-state index contributed by atoms with van der Waals surface area (Å²) in [5, 5.41) is 0. The molecule has 1 aliphatic heterocycles. The zero-order valence-corrected chi connectivity index (χ0v) is 12.2. The second kappa shape index (κ2) is 5.49. The van der Waals surface area contributed by atoms with E-state index >= 15 is 0 Å². The Labute approximate surface area is 115 Å². The zero-order chi connectivity index (χ0) is 14.0. The third kappa shape index (κ3) is 3.27. The van der Waals surface area contributed by atoms with E-state index in [-0.39, 0.29) is 17.3 Å². The molecular formula is C16H25FN2. The average Bonchev–Trinajstić information content (AvgIpc) is 2.69. The van der Waals surface area contributed by atoms with Crippen LogP contribution >= 0.6 is 0 Å². The molecule has 0 spiro atoms. The summed E-state index contributed by atoms with van der Waals surface area (Å²) >= 11 is 0. The van der Waals surface area contributed by atoms with Gasteiger partial charge in [-0.15, -0.1) is 0 Å². The Morgan fingerprint density at radius 2 is 2.16 bits per heavy atom. The van der Waals surface area contributed by atoms with Crippen molar-refractivity contribution < 1.29 is 4.39 Å². The van der Waals surface area contributed by atoms with Crippen LogP contribution in [-0.4, -0.2) is 19.1 Å². The van der Waals surface area contributed by atoms with Crippen molar-refractivity contribution in [3.8, 4) is 0 Å². The number of benzene rings is 1. The van der Waals surface area contributed by atoms with Crippen LogP contribution in [0, 0.1) is 11.2 Å². The Kier molecular flexibility index (Phi) is 4.14. The summed E-state index contributed by atoms with van der Waals surface area (Å²) in [5.41, 5.74) is 8.13. The fourth-order valence-corrected chi connectivity index (χ4v) is 2.81. The van der Waals surface area contributed by atoms with E-state index in [0.29, 0.717) is 0 Å². The summed E-state index contributed by atoms with van der Waals surface area (Å²) < 4.78 is 14.2. The first-order chi connectivity index (χ1) is 8.93. The molecule has 3 heteroatoms. The molecule has 2 N–H and O–H groups in total. The fourth-order valence-electron chi connectivity index (χ4n) is 2.81. The molecule has 0 aliphatic carbocycles. The minimum Gasteiger partial charge on any atom is -0.368 e. The minimum absolute atomic E-state index is 0.108. The van der Waals surface area contributed by atoms with Crippen molar-refractivity contribution in [2.75, 3.05) is 18.0 Å². The Hall–Kier alpha value is -1.09. The van der Waals surface area contributed by atoms with E-state index in [1.807, 2.05) is 6.07 Å². The number of hydrogen-bond acceptors (Lipinski definition) is 2. The van der Waals surface area contributed by atoms with Crippen LogP contribution in [0.5, 0.6) is 0 Å². The highest BCUT2D eigenvalue weighted by molar-refractivity contribution is 5.56. The maximum absolute atomic E-state index is 14.2. The van der Waals surface area contributed by atoms with Gasteiger partial charge in [-0.3, -0.25) is 0 Å². The lowest BCUT2D eigenvalue weighted by molar-refractivity contribution is 0.418. The summed E-state index contributed by atoms with van der Waals surface area (Å²) in [6, 6.07) is 5.47. The Bertz CT molecular complexity index is 442. The molecule has 106 valence electrons. The predicted octanol–water partition coefficient (Wildman–Crippen LogP) is 3.34. The summed E-state index contributed by atoms with van der Waals surface area (Å²) in [6.45, 7) is 8.41. The quantitative estimate of drug-likeness (QED) is 0.903. The molecular weight excluding hydrogens is 239 g/mol. The normalized spacial score (nSPS) is 19.7. The molecule has 0 saturated carbocycles. The summed E-state index contributed by atoms with van der Waals surface area (Å²) in [6.07, 6.45) is 2.78. The molecule has 1 aliphatic rings. The predicted molar refractivity (Wildman–Crippen MR) is 79.0 cm³/mol. The van der Waals surface area contributed by atoms with Crippen LogP contribution in [0.2, 0.25) is 0 Å². The van der Waals surface area contributed by atoms with Crippen LogP contribution < -0.4 is 10.6 Å². The number of nitrogens with zero attached hydrogens (tertiary/aromatic N) is 1. The van der Waals surface area contributed by atoms with E-state index in [0.717, 1.165) is 43.6 Å². The van der Waals surface area contributed by atoms with Crippen molar-refractivity contribution in [2.24, 2.45) is 11.1 Å². The van der Waals surface area contributed by atoms with Crippen LogP contribution in [0.4, 0.5) is 10.1 Å². The largest absolute Gasteiger partial charge is 0.368 e. The van der Waals surface area contributed by atoms with Gasteiger partial charge in [0.15, 0.2) is 0 Å². The first kappa shape index (κ1) is 14.3. The molecule has 1 fully saturated rings. The summed E-state index contributed by atoms with van der Waals surface area (Å²) in [4.78, 5) is 2.19. The molecule has 2 nitrogen and oxygen atoms in total. The summed E-state index contributed by atoms with van der Waals surface area (Å²) in [5.74, 6) is -0.112. The molecule has 1 saturated heterocycles. The lowest BCUT2D eigenvalue weighted by Gasteiger charge is -2.25. The molecule has 1 heterocycles. The first-order valence-corrected chi connectivity index (χ1v) is 7.21. The van der Waals surface area contributed by atoms with Crippen molar-refractivity contribution in [1.29, 1.82) is 0 Å². The Morgan fingerprint density at radius 1 is 1.42 bits per heavy atom. The molecule has 1 unspecified atom stereocenters. The molecule has 1 aromatic carbocycles. The molecule has 0 amide bonds. The van der Waals surface area contributed by atoms with Gasteiger partial charge in [-0.1, -0.05) is 32.9 Å². The van der Waals surface area contributed by atoms with Crippen LogP contribution in [0.3, 0.4) is 0 Å². The van der Waals surface area contributed by atoms with Crippen LogP contribution in [0.25, 0.3) is 0 Å². The number of hydrogen-bond donors (Lipinski definition) is 1. The smallest absolute Gasteiger partial charge is 0.146 e. The van der Waals surface area contributed by atoms with E-state index in [2.05, 4.69) is 25.7 Å².